The second-order valence-electron chi connectivity index (χ2n) is 7.02. The summed E-state index contributed by atoms with van der Waals surface area (Å²) in [7, 11) is 1.82. The molecule has 1 aromatic heterocycles. The van der Waals surface area contributed by atoms with Gasteiger partial charge in [0.2, 0.25) is 5.91 Å². The van der Waals surface area contributed by atoms with E-state index in [-0.39, 0.29) is 22.5 Å². The lowest BCUT2D eigenvalue weighted by atomic mass is 9.95. The Hall–Kier alpha value is -2.33. The number of likely N-dealkylation sites (tertiary alicyclic amines) is 1. The summed E-state index contributed by atoms with van der Waals surface area (Å²) >= 11 is 5.88. The summed E-state index contributed by atoms with van der Waals surface area (Å²) < 4.78 is 0. The van der Waals surface area contributed by atoms with Gasteiger partial charge in [-0.1, -0.05) is 55.8 Å². The maximum Gasteiger partial charge on any atom is 0.267 e. The molecule has 1 saturated heterocycles. The van der Waals surface area contributed by atoms with Crippen molar-refractivity contribution in [2.24, 2.45) is 0 Å². The monoisotopic (exact) mass is 370 g/mol. The summed E-state index contributed by atoms with van der Waals surface area (Å²) in [5.41, 5.74) is 3.54. The fourth-order valence-electron chi connectivity index (χ4n) is 3.22. The van der Waals surface area contributed by atoms with Crippen LogP contribution in [0.15, 0.2) is 47.3 Å². The first-order chi connectivity index (χ1) is 12.4. The molecule has 0 saturated carbocycles. The fourth-order valence-corrected chi connectivity index (χ4v) is 3.33. The van der Waals surface area contributed by atoms with Crippen molar-refractivity contribution >= 4 is 23.1 Å². The normalized spacial score (nSPS) is 18.0. The topological polar surface area (TPSA) is 53.2 Å². The molecule has 2 aromatic rings. The lowest BCUT2D eigenvalue weighted by Gasteiger charge is -2.19. The molecule has 2 heterocycles. The number of pyridine rings is 1. The van der Waals surface area contributed by atoms with Crippen LogP contribution >= 0.6 is 11.6 Å². The molecular weight excluding hydrogens is 348 g/mol. The lowest BCUT2D eigenvalue weighted by Crippen LogP contribution is -2.27. The Morgan fingerprint density at radius 3 is 2.42 bits per heavy atom. The second kappa shape index (κ2) is 7.50. The number of aromatic nitrogens is 1. The molecule has 1 aliphatic heterocycles. The molecule has 5 heteroatoms. The Balaban J connectivity index is 2.08. The number of nitrogens with zero attached hydrogens (tertiary/aromatic N) is 1. The molecule has 26 heavy (non-hydrogen) atoms. The summed E-state index contributed by atoms with van der Waals surface area (Å²) in [5.74, 6) is 0.593. The van der Waals surface area contributed by atoms with Gasteiger partial charge in [0.05, 0.1) is 6.04 Å². The maximum atomic E-state index is 12.0. The Morgan fingerprint density at radius 2 is 1.88 bits per heavy atom. The Labute approximate surface area is 158 Å². The molecule has 3 rings (SSSR count). The number of halogens is 1. The minimum atomic E-state index is -0.315. The summed E-state index contributed by atoms with van der Waals surface area (Å²) in [4.78, 5) is 28.5. The predicted octanol–water partition coefficient (Wildman–Crippen LogP) is 4.20. The Morgan fingerprint density at radius 1 is 1.19 bits per heavy atom. The lowest BCUT2D eigenvalue weighted by molar-refractivity contribution is -0.127. The third kappa shape index (κ3) is 3.75. The first kappa shape index (κ1) is 18.5. The van der Waals surface area contributed by atoms with E-state index in [2.05, 4.69) is 49.2 Å². The van der Waals surface area contributed by atoms with E-state index in [9.17, 15) is 9.59 Å². The van der Waals surface area contributed by atoms with Gasteiger partial charge in [-0.25, -0.2) is 0 Å². The van der Waals surface area contributed by atoms with E-state index in [4.69, 9.17) is 11.6 Å². The van der Waals surface area contributed by atoms with Gasteiger partial charge in [0.15, 0.2) is 0 Å². The van der Waals surface area contributed by atoms with Crippen molar-refractivity contribution in [3.63, 3.8) is 0 Å². The van der Waals surface area contributed by atoms with Crippen LogP contribution in [0.4, 0.5) is 0 Å². The van der Waals surface area contributed by atoms with Crippen LogP contribution in [0.25, 0.3) is 5.57 Å². The highest BCUT2D eigenvalue weighted by Crippen LogP contribution is 2.28. The van der Waals surface area contributed by atoms with Crippen molar-refractivity contribution in [2.45, 2.75) is 38.6 Å². The maximum absolute atomic E-state index is 12.0. The van der Waals surface area contributed by atoms with Crippen molar-refractivity contribution in [1.82, 2.24) is 9.88 Å². The average molecular weight is 371 g/mol. The molecule has 1 amide bonds. The highest BCUT2D eigenvalue weighted by atomic mass is 35.5. The van der Waals surface area contributed by atoms with Crippen LogP contribution in [0.5, 0.6) is 0 Å². The van der Waals surface area contributed by atoms with Gasteiger partial charge in [-0.2, -0.15) is 0 Å². The van der Waals surface area contributed by atoms with Gasteiger partial charge in [-0.15, -0.1) is 0 Å². The number of nitrogens with one attached hydrogen (secondary N) is 1. The molecule has 1 aliphatic rings. The predicted molar refractivity (Wildman–Crippen MR) is 105 cm³/mol. The highest BCUT2D eigenvalue weighted by Gasteiger charge is 2.26. The molecule has 1 N–H and O–H groups in total. The van der Waals surface area contributed by atoms with Gasteiger partial charge in [0.1, 0.15) is 5.02 Å². The molecule has 0 unspecified atom stereocenters. The number of rotatable bonds is 4. The molecule has 1 aromatic carbocycles. The standard InChI is InChI=1S/C21H23ClN2O2/c1-13(2)14-4-6-15(7-5-14)17(12-16-8-11-20(25)24(16)3)19-10-9-18(22)21(26)23-19/h4-7,9-10,12-13,16H,8,11H2,1-3H3,(H,23,26)/b17-12-/t16-/m1/s1. The van der Waals surface area contributed by atoms with Crippen LogP contribution in [0, 0.1) is 0 Å². The van der Waals surface area contributed by atoms with E-state index in [0.29, 0.717) is 18.0 Å². The van der Waals surface area contributed by atoms with Crippen LogP contribution in [-0.2, 0) is 4.79 Å². The van der Waals surface area contributed by atoms with Gasteiger partial charge < -0.3 is 9.88 Å². The van der Waals surface area contributed by atoms with Gasteiger partial charge in [-0.3, -0.25) is 9.59 Å². The van der Waals surface area contributed by atoms with Gasteiger partial charge in [0, 0.05) is 24.7 Å². The molecule has 1 atom stereocenters. The zero-order valence-electron chi connectivity index (χ0n) is 15.3. The molecule has 1 fully saturated rings. The molecule has 0 spiro atoms. The average Bonchev–Trinajstić information content (AvgIpc) is 2.94. The van der Waals surface area contributed by atoms with Gasteiger partial charge in [-0.05, 0) is 35.6 Å². The molecular formula is C21H23ClN2O2. The third-order valence-corrected chi connectivity index (χ3v) is 5.24. The van der Waals surface area contributed by atoms with Crippen LogP contribution in [-0.4, -0.2) is 28.9 Å². The summed E-state index contributed by atoms with van der Waals surface area (Å²) in [6.45, 7) is 4.31. The van der Waals surface area contributed by atoms with Crippen LogP contribution < -0.4 is 5.56 Å². The molecule has 136 valence electrons. The van der Waals surface area contributed by atoms with Crippen molar-refractivity contribution in [3.8, 4) is 0 Å². The van der Waals surface area contributed by atoms with E-state index in [1.54, 1.807) is 11.0 Å². The SMILES string of the molecule is CC(C)c1ccc(/C(=C/[C@H]2CCC(=O)N2C)c2ccc(Cl)c(=O)[nH]2)cc1. The molecule has 0 radical (unpaired) electrons. The van der Waals surface area contributed by atoms with Crippen molar-refractivity contribution < 1.29 is 4.79 Å². The van der Waals surface area contributed by atoms with Crippen molar-refractivity contribution in [1.29, 1.82) is 0 Å². The molecule has 0 bridgehead atoms. The molecule has 0 aliphatic carbocycles. The van der Waals surface area contributed by atoms with Crippen molar-refractivity contribution in [3.05, 3.63) is 74.7 Å². The first-order valence-electron chi connectivity index (χ1n) is 8.84. The van der Waals surface area contributed by atoms with Crippen molar-refractivity contribution in [2.75, 3.05) is 7.05 Å². The van der Waals surface area contributed by atoms with Crippen LogP contribution in [0.2, 0.25) is 5.02 Å². The van der Waals surface area contributed by atoms with E-state index < -0.39 is 0 Å². The third-order valence-electron chi connectivity index (χ3n) is 4.94. The summed E-state index contributed by atoms with van der Waals surface area (Å²) in [6.07, 6.45) is 3.39. The number of H-pyrrole nitrogens is 1. The second-order valence-corrected chi connectivity index (χ2v) is 7.42. The number of hydrogen-bond acceptors (Lipinski definition) is 2. The van der Waals surface area contributed by atoms with E-state index in [1.807, 2.05) is 13.1 Å². The number of benzene rings is 1. The quantitative estimate of drug-likeness (QED) is 0.876. The smallest absolute Gasteiger partial charge is 0.267 e. The number of likely N-dealkylation sites (N-methyl/N-ethyl adjacent to an activating group) is 1. The summed E-state index contributed by atoms with van der Waals surface area (Å²) in [6, 6.07) is 11.8. The largest absolute Gasteiger partial charge is 0.339 e. The van der Waals surface area contributed by atoms with Crippen LogP contribution in [0.1, 0.15) is 49.4 Å². The first-order valence-corrected chi connectivity index (χ1v) is 9.21. The Bertz CT molecular complexity index is 897. The number of amides is 1. The minimum Gasteiger partial charge on any atom is -0.339 e. The van der Waals surface area contributed by atoms with E-state index in [1.165, 1.54) is 5.56 Å². The number of hydrogen-bond donors (Lipinski definition) is 1. The molecule has 4 nitrogen and oxygen atoms in total. The Kier molecular flexibility index (Phi) is 5.33. The van der Waals surface area contributed by atoms with Gasteiger partial charge >= 0.3 is 0 Å². The number of aromatic amines is 1. The van der Waals surface area contributed by atoms with E-state index >= 15 is 0 Å². The number of carbonyl (C=O) groups excluding carboxylic acids is 1. The zero-order chi connectivity index (χ0) is 18.8. The fraction of sp³-hybridized carbons (Fsp3) is 0.333. The van der Waals surface area contributed by atoms with Crippen LogP contribution in [0.3, 0.4) is 0 Å². The number of carbonyl (C=O) groups is 1. The van der Waals surface area contributed by atoms with E-state index in [0.717, 1.165) is 17.6 Å². The zero-order valence-corrected chi connectivity index (χ0v) is 16.0. The minimum absolute atomic E-state index is 0.0152. The summed E-state index contributed by atoms with van der Waals surface area (Å²) in [5, 5.41) is 0.163. The van der Waals surface area contributed by atoms with Gasteiger partial charge in [0.25, 0.3) is 5.56 Å². The highest BCUT2D eigenvalue weighted by molar-refractivity contribution is 6.30.